The highest BCUT2D eigenvalue weighted by Gasteiger charge is 2.16. The summed E-state index contributed by atoms with van der Waals surface area (Å²) in [7, 11) is 0. The van der Waals surface area contributed by atoms with Gasteiger partial charge in [-0.05, 0) is 39.8 Å². The van der Waals surface area contributed by atoms with Crippen molar-refractivity contribution in [3.05, 3.63) is 29.8 Å². The Balaban J connectivity index is 2.73. The predicted octanol–water partition coefficient (Wildman–Crippen LogP) is 3.04. The van der Waals surface area contributed by atoms with E-state index in [9.17, 15) is 4.79 Å². The van der Waals surface area contributed by atoms with Gasteiger partial charge in [0.2, 0.25) is 0 Å². The van der Waals surface area contributed by atoms with E-state index in [1.165, 1.54) is 0 Å². The third-order valence-corrected chi connectivity index (χ3v) is 3.03. The van der Waals surface area contributed by atoms with Crippen LogP contribution in [0.15, 0.2) is 24.3 Å². The average Bonchev–Trinajstić information content (AvgIpc) is 2.41. The molecule has 0 saturated carbocycles. The van der Waals surface area contributed by atoms with E-state index < -0.39 is 0 Å². The average molecular weight is 292 g/mol. The van der Waals surface area contributed by atoms with Crippen LogP contribution in [0.1, 0.15) is 52.6 Å². The molecule has 0 aromatic heterocycles. The molecule has 0 aliphatic heterocycles. The van der Waals surface area contributed by atoms with Gasteiger partial charge in [0.1, 0.15) is 5.75 Å². The zero-order valence-corrected chi connectivity index (χ0v) is 13.8. The van der Waals surface area contributed by atoms with Crippen molar-refractivity contribution in [2.45, 2.75) is 52.6 Å². The number of benzene rings is 1. The van der Waals surface area contributed by atoms with Gasteiger partial charge in [0.05, 0.1) is 0 Å². The van der Waals surface area contributed by atoms with E-state index in [4.69, 9.17) is 4.74 Å². The second-order valence-electron chi connectivity index (χ2n) is 6.14. The molecule has 1 aromatic carbocycles. The maximum Gasteiger partial charge on any atom is 0.258 e. The Morgan fingerprint density at radius 2 is 1.90 bits per heavy atom. The first-order chi connectivity index (χ1) is 9.87. The van der Waals surface area contributed by atoms with Gasteiger partial charge in [0.15, 0.2) is 6.61 Å². The number of carbonyl (C=O) groups excluding carboxylic acids is 1. The molecule has 2 N–H and O–H groups in total. The molecule has 0 heterocycles. The van der Waals surface area contributed by atoms with Crippen LogP contribution in [0.4, 0.5) is 0 Å². The van der Waals surface area contributed by atoms with Gasteiger partial charge in [-0.2, -0.15) is 0 Å². The van der Waals surface area contributed by atoms with Crippen molar-refractivity contribution < 1.29 is 9.53 Å². The zero-order valence-electron chi connectivity index (χ0n) is 13.8. The van der Waals surface area contributed by atoms with Crippen molar-refractivity contribution in [3.63, 3.8) is 0 Å². The molecular weight excluding hydrogens is 264 g/mol. The summed E-state index contributed by atoms with van der Waals surface area (Å²) >= 11 is 0. The molecular formula is C17H28N2O2. The lowest BCUT2D eigenvalue weighted by Gasteiger charge is -2.22. The van der Waals surface area contributed by atoms with Gasteiger partial charge in [0, 0.05) is 17.1 Å². The Bertz CT molecular complexity index is 452. The fourth-order valence-corrected chi connectivity index (χ4v) is 2.22. The van der Waals surface area contributed by atoms with E-state index in [-0.39, 0.29) is 24.1 Å². The van der Waals surface area contributed by atoms with Crippen LogP contribution in [-0.2, 0) is 4.79 Å². The van der Waals surface area contributed by atoms with Crippen LogP contribution < -0.4 is 15.4 Å². The van der Waals surface area contributed by atoms with Gasteiger partial charge in [0.25, 0.3) is 5.91 Å². The van der Waals surface area contributed by atoms with E-state index in [0.717, 1.165) is 24.3 Å². The van der Waals surface area contributed by atoms with Gasteiger partial charge in [-0.15, -0.1) is 0 Å². The van der Waals surface area contributed by atoms with E-state index in [0.29, 0.717) is 0 Å². The molecule has 1 atom stereocenters. The maximum atomic E-state index is 11.9. The molecule has 118 valence electrons. The highest BCUT2D eigenvalue weighted by Crippen LogP contribution is 2.27. The van der Waals surface area contributed by atoms with Crippen molar-refractivity contribution in [1.29, 1.82) is 0 Å². The number of para-hydroxylation sites is 1. The molecule has 0 fully saturated rings. The Kier molecular flexibility index (Phi) is 6.69. The lowest BCUT2D eigenvalue weighted by atomic mass is 10.0. The minimum absolute atomic E-state index is 0.0385. The summed E-state index contributed by atoms with van der Waals surface area (Å²) in [5, 5.41) is 6.33. The van der Waals surface area contributed by atoms with Gasteiger partial charge < -0.3 is 15.4 Å². The summed E-state index contributed by atoms with van der Waals surface area (Å²) in [6.07, 6.45) is 0.975. The highest BCUT2D eigenvalue weighted by molar-refractivity contribution is 5.78. The summed E-state index contributed by atoms with van der Waals surface area (Å²) < 4.78 is 5.72. The molecule has 21 heavy (non-hydrogen) atoms. The topological polar surface area (TPSA) is 50.4 Å². The lowest BCUT2D eigenvalue weighted by Crippen LogP contribution is -2.43. The first kappa shape index (κ1) is 17.5. The van der Waals surface area contributed by atoms with Crippen LogP contribution in [0.3, 0.4) is 0 Å². The molecule has 4 nitrogen and oxygen atoms in total. The Labute approximate surface area is 128 Å². The van der Waals surface area contributed by atoms with Crippen LogP contribution in [-0.4, -0.2) is 24.6 Å². The van der Waals surface area contributed by atoms with Crippen molar-refractivity contribution in [2.24, 2.45) is 0 Å². The van der Waals surface area contributed by atoms with Gasteiger partial charge in [-0.25, -0.2) is 0 Å². The van der Waals surface area contributed by atoms with Crippen LogP contribution >= 0.6 is 0 Å². The standard InChI is InChI=1S/C17H28N2O2/c1-6-14(18-7-2)13-10-8-9-11-15(13)21-12-16(20)19-17(3,4)5/h8-11,14,18H,6-7,12H2,1-5H3,(H,19,20). The quantitative estimate of drug-likeness (QED) is 0.812. The number of nitrogens with one attached hydrogen (secondary N) is 2. The first-order valence-corrected chi connectivity index (χ1v) is 7.63. The normalized spacial score (nSPS) is 12.8. The van der Waals surface area contributed by atoms with Crippen LogP contribution in [0.5, 0.6) is 5.75 Å². The van der Waals surface area contributed by atoms with Crippen LogP contribution in [0.2, 0.25) is 0 Å². The second-order valence-corrected chi connectivity index (χ2v) is 6.14. The number of hydrogen-bond acceptors (Lipinski definition) is 3. The molecule has 0 aliphatic carbocycles. The second kappa shape index (κ2) is 8.03. The summed E-state index contributed by atoms with van der Waals surface area (Å²) in [4.78, 5) is 11.9. The van der Waals surface area contributed by atoms with Crippen molar-refractivity contribution in [2.75, 3.05) is 13.2 Å². The zero-order chi connectivity index (χ0) is 15.9. The van der Waals surface area contributed by atoms with Crippen LogP contribution in [0, 0.1) is 0 Å². The SMILES string of the molecule is CCNC(CC)c1ccccc1OCC(=O)NC(C)(C)C. The summed E-state index contributed by atoms with van der Waals surface area (Å²) in [5.74, 6) is 0.670. The third kappa shape index (κ3) is 6.17. The van der Waals surface area contributed by atoms with Crippen molar-refractivity contribution >= 4 is 5.91 Å². The molecule has 4 heteroatoms. The number of amides is 1. The molecule has 0 radical (unpaired) electrons. The van der Waals surface area contributed by atoms with Crippen LogP contribution in [0.25, 0.3) is 0 Å². The molecule has 0 aliphatic rings. The van der Waals surface area contributed by atoms with Gasteiger partial charge in [-0.1, -0.05) is 32.0 Å². The monoisotopic (exact) mass is 292 g/mol. The molecule has 1 unspecified atom stereocenters. The number of hydrogen-bond donors (Lipinski definition) is 2. The van der Waals surface area contributed by atoms with E-state index in [2.05, 4.69) is 24.5 Å². The van der Waals surface area contributed by atoms with Gasteiger partial charge >= 0.3 is 0 Å². The summed E-state index contributed by atoms with van der Waals surface area (Å²) in [5.41, 5.74) is 0.862. The minimum Gasteiger partial charge on any atom is -0.483 e. The molecule has 0 saturated heterocycles. The molecule has 0 bridgehead atoms. The first-order valence-electron chi connectivity index (χ1n) is 7.63. The fourth-order valence-electron chi connectivity index (χ4n) is 2.22. The Morgan fingerprint density at radius 1 is 1.24 bits per heavy atom. The predicted molar refractivity (Wildman–Crippen MR) is 86.5 cm³/mol. The van der Waals surface area contributed by atoms with E-state index in [1.54, 1.807) is 0 Å². The Morgan fingerprint density at radius 3 is 2.48 bits per heavy atom. The number of rotatable bonds is 7. The largest absolute Gasteiger partial charge is 0.483 e. The van der Waals surface area contributed by atoms with E-state index >= 15 is 0 Å². The third-order valence-electron chi connectivity index (χ3n) is 3.03. The maximum absolute atomic E-state index is 11.9. The fraction of sp³-hybridized carbons (Fsp3) is 0.588. The molecule has 1 amide bonds. The molecule has 1 rings (SSSR count). The Hall–Kier alpha value is -1.55. The number of carbonyl (C=O) groups is 1. The van der Waals surface area contributed by atoms with E-state index in [1.807, 2.05) is 45.0 Å². The molecule has 0 spiro atoms. The minimum atomic E-state index is -0.240. The van der Waals surface area contributed by atoms with Crippen molar-refractivity contribution in [3.8, 4) is 5.75 Å². The summed E-state index contributed by atoms with van der Waals surface area (Å²) in [6.45, 7) is 11.0. The lowest BCUT2D eigenvalue weighted by molar-refractivity contribution is -0.124. The van der Waals surface area contributed by atoms with Gasteiger partial charge in [-0.3, -0.25) is 4.79 Å². The highest BCUT2D eigenvalue weighted by atomic mass is 16.5. The number of ether oxygens (including phenoxy) is 1. The molecule has 1 aromatic rings. The summed E-state index contributed by atoms with van der Waals surface area (Å²) in [6, 6.07) is 8.14. The van der Waals surface area contributed by atoms with Crippen molar-refractivity contribution in [1.82, 2.24) is 10.6 Å². The smallest absolute Gasteiger partial charge is 0.258 e.